The van der Waals surface area contributed by atoms with Gasteiger partial charge in [-0.05, 0) is 28.0 Å². The van der Waals surface area contributed by atoms with Crippen LogP contribution < -0.4 is 5.32 Å². The summed E-state index contributed by atoms with van der Waals surface area (Å²) in [6.07, 6.45) is -0.416. The molecular formula is C19H16BrNO2. The van der Waals surface area contributed by atoms with Crippen LogP contribution in [-0.4, -0.2) is 6.09 Å². The Kier molecular flexibility index (Phi) is 4.93. The second kappa shape index (κ2) is 7.29. The number of hydrogen-bond acceptors (Lipinski definition) is 2. The molecule has 1 amide bonds. The average molecular weight is 370 g/mol. The normalized spacial score (nSPS) is 10.5. The van der Waals surface area contributed by atoms with Crippen LogP contribution in [0.25, 0.3) is 10.8 Å². The topological polar surface area (TPSA) is 38.3 Å². The van der Waals surface area contributed by atoms with Crippen molar-refractivity contribution in [3.05, 3.63) is 82.3 Å². The molecule has 0 radical (unpaired) electrons. The molecule has 0 unspecified atom stereocenters. The lowest BCUT2D eigenvalue weighted by Crippen LogP contribution is -2.23. The third-order valence-corrected chi connectivity index (χ3v) is 4.29. The molecule has 1 N–H and O–H groups in total. The molecular weight excluding hydrogens is 354 g/mol. The van der Waals surface area contributed by atoms with E-state index in [4.69, 9.17) is 4.74 Å². The lowest BCUT2D eigenvalue weighted by Gasteiger charge is -2.10. The van der Waals surface area contributed by atoms with E-state index >= 15 is 0 Å². The Morgan fingerprint density at radius 2 is 1.65 bits per heavy atom. The summed E-state index contributed by atoms with van der Waals surface area (Å²) in [4.78, 5) is 11.9. The molecule has 0 bridgehead atoms. The molecule has 0 saturated carbocycles. The third-order valence-electron chi connectivity index (χ3n) is 3.60. The molecule has 0 aromatic heterocycles. The summed E-state index contributed by atoms with van der Waals surface area (Å²) in [7, 11) is 0. The van der Waals surface area contributed by atoms with E-state index in [2.05, 4.69) is 27.3 Å². The summed E-state index contributed by atoms with van der Waals surface area (Å²) >= 11 is 3.55. The zero-order valence-electron chi connectivity index (χ0n) is 12.5. The number of rotatable bonds is 4. The Morgan fingerprint density at radius 1 is 0.913 bits per heavy atom. The van der Waals surface area contributed by atoms with Crippen LogP contribution in [0.15, 0.2) is 71.2 Å². The third kappa shape index (κ3) is 3.90. The van der Waals surface area contributed by atoms with Gasteiger partial charge in [-0.2, -0.15) is 0 Å². The van der Waals surface area contributed by atoms with Crippen molar-refractivity contribution >= 4 is 32.8 Å². The first-order valence-electron chi connectivity index (χ1n) is 7.35. The number of carbonyl (C=O) groups excluding carboxylic acids is 1. The fourth-order valence-electron chi connectivity index (χ4n) is 2.43. The van der Waals surface area contributed by atoms with Gasteiger partial charge in [0.2, 0.25) is 0 Å². The first-order valence-corrected chi connectivity index (χ1v) is 8.14. The van der Waals surface area contributed by atoms with E-state index in [9.17, 15) is 4.79 Å². The van der Waals surface area contributed by atoms with E-state index in [0.717, 1.165) is 26.4 Å². The maximum absolute atomic E-state index is 11.9. The fourth-order valence-corrected chi connectivity index (χ4v) is 2.93. The predicted molar refractivity (Wildman–Crippen MR) is 95.1 cm³/mol. The minimum absolute atomic E-state index is 0.272. The lowest BCUT2D eigenvalue weighted by atomic mass is 10.0. The smallest absolute Gasteiger partial charge is 0.407 e. The van der Waals surface area contributed by atoms with Crippen LogP contribution in [0.4, 0.5) is 4.79 Å². The van der Waals surface area contributed by atoms with Gasteiger partial charge >= 0.3 is 6.09 Å². The Labute approximate surface area is 143 Å². The summed E-state index contributed by atoms with van der Waals surface area (Å²) in [5.41, 5.74) is 2.03. The van der Waals surface area contributed by atoms with Crippen LogP contribution in [0.5, 0.6) is 0 Å². The zero-order chi connectivity index (χ0) is 16.1. The number of nitrogens with one attached hydrogen (secondary N) is 1. The first-order chi connectivity index (χ1) is 11.2. The second-order valence-corrected chi connectivity index (χ2v) is 6.02. The van der Waals surface area contributed by atoms with Gasteiger partial charge in [-0.1, -0.05) is 76.6 Å². The lowest BCUT2D eigenvalue weighted by molar-refractivity contribution is 0.139. The van der Waals surface area contributed by atoms with Crippen LogP contribution in [0, 0.1) is 0 Å². The van der Waals surface area contributed by atoms with Crippen molar-refractivity contribution in [2.24, 2.45) is 0 Å². The predicted octanol–water partition coefficient (Wildman–Crippen LogP) is 5.03. The van der Waals surface area contributed by atoms with Crippen molar-refractivity contribution in [3.63, 3.8) is 0 Å². The van der Waals surface area contributed by atoms with Crippen LogP contribution in [-0.2, 0) is 17.9 Å². The number of fused-ring (bicyclic) bond motifs is 1. The van der Waals surface area contributed by atoms with Gasteiger partial charge < -0.3 is 10.1 Å². The fraction of sp³-hybridized carbons (Fsp3) is 0.105. The summed E-state index contributed by atoms with van der Waals surface area (Å²) in [6.45, 7) is 0.704. The Bertz CT molecular complexity index is 818. The van der Waals surface area contributed by atoms with Gasteiger partial charge in [0.15, 0.2) is 0 Å². The molecule has 0 fully saturated rings. The van der Waals surface area contributed by atoms with Gasteiger partial charge in [0.1, 0.15) is 6.61 Å². The largest absolute Gasteiger partial charge is 0.445 e. The monoisotopic (exact) mass is 369 g/mol. The highest BCUT2D eigenvalue weighted by atomic mass is 79.9. The van der Waals surface area contributed by atoms with E-state index in [0.29, 0.717) is 6.54 Å². The number of alkyl carbamates (subject to hydrolysis) is 1. The minimum Gasteiger partial charge on any atom is -0.445 e. The number of ether oxygens (including phenoxy) is 1. The van der Waals surface area contributed by atoms with Gasteiger partial charge in [-0.3, -0.25) is 0 Å². The van der Waals surface area contributed by atoms with E-state index in [1.165, 1.54) is 0 Å². The maximum atomic E-state index is 11.9. The highest BCUT2D eigenvalue weighted by Gasteiger charge is 2.06. The summed E-state index contributed by atoms with van der Waals surface area (Å²) in [5.74, 6) is 0. The number of benzene rings is 3. The molecule has 0 aliphatic carbocycles. The van der Waals surface area contributed by atoms with Crippen molar-refractivity contribution in [2.75, 3.05) is 0 Å². The van der Waals surface area contributed by atoms with E-state index < -0.39 is 6.09 Å². The van der Waals surface area contributed by atoms with Gasteiger partial charge in [-0.15, -0.1) is 0 Å². The molecule has 0 heterocycles. The molecule has 23 heavy (non-hydrogen) atoms. The van der Waals surface area contributed by atoms with E-state index in [1.807, 2.05) is 60.7 Å². The number of carbonyl (C=O) groups is 1. The van der Waals surface area contributed by atoms with Gasteiger partial charge in [0, 0.05) is 11.0 Å². The van der Waals surface area contributed by atoms with Crippen LogP contribution in [0.2, 0.25) is 0 Å². The molecule has 3 rings (SSSR count). The molecule has 116 valence electrons. The molecule has 0 aliphatic heterocycles. The average Bonchev–Trinajstić information content (AvgIpc) is 2.59. The maximum Gasteiger partial charge on any atom is 0.407 e. The van der Waals surface area contributed by atoms with Crippen LogP contribution in [0.1, 0.15) is 11.1 Å². The standard InChI is InChI=1S/C19H16BrNO2/c20-18-11-5-9-16-15(8-4-10-17(16)18)12-21-19(22)23-13-14-6-2-1-3-7-14/h1-11H,12-13H2,(H,21,22). The highest BCUT2D eigenvalue weighted by Crippen LogP contribution is 2.26. The van der Waals surface area contributed by atoms with Crippen molar-refractivity contribution in [1.29, 1.82) is 0 Å². The SMILES string of the molecule is O=C(NCc1cccc2c(Br)cccc12)OCc1ccccc1. The first kappa shape index (κ1) is 15.6. The van der Waals surface area contributed by atoms with Crippen LogP contribution >= 0.6 is 15.9 Å². The summed E-state index contributed by atoms with van der Waals surface area (Å²) in [6, 6.07) is 21.7. The van der Waals surface area contributed by atoms with Crippen molar-refractivity contribution in [2.45, 2.75) is 13.2 Å². The molecule has 3 aromatic rings. The van der Waals surface area contributed by atoms with E-state index in [-0.39, 0.29) is 6.61 Å². The van der Waals surface area contributed by atoms with Crippen LogP contribution in [0.3, 0.4) is 0 Å². The van der Waals surface area contributed by atoms with E-state index in [1.54, 1.807) is 0 Å². The molecule has 0 spiro atoms. The van der Waals surface area contributed by atoms with Crippen molar-refractivity contribution in [1.82, 2.24) is 5.32 Å². The number of amides is 1. The molecule has 0 saturated heterocycles. The minimum atomic E-state index is -0.416. The highest BCUT2D eigenvalue weighted by molar-refractivity contribution is 9.10. The van der Waals surface area contributed by atoms with Gasteiger partial charge in [0.05, 0.1) is 0 Å². The quantitative estimate of drug-likeness (QED) is 0.700. The molecule has 4 heteroatoms. The Balaban J connectivity index is 1.62. The molecule has 0 aliphatic rings. The zero-order valence-corrected chi connectivity index (χ0v) is 14.0. The van der Waals surface area contributed by atoms with Crippen molar-refractivity contribution in [3.8, 4) is 0 Å². The summed E-state index contributed by atoms with van der Waals surface area (Å²) < 4.78 is 6.27. The molecule has 3 nitrogen and oxygen atoms in total. The van der Waals surface area contributed by atoms with Gasteiger partial charge in [-0.25, -0.2) is 4.79 Å². The summed E-state index contributed by atoms with van der Waals surface area (Å²) in [5, 5.41) is 5.05. The Morgan fingerprint density at radius 3 is 2.48 bits per heavy atom. The van der Waals surface area contributed by atoms with Crippen molar-refractivity contribution < 1.29 is 9.53 Å². The Hall–Kier alpha value is -2.33. The second-order valence-electron chi connectivity index (χ2n) is 5.17. The molecule has 0 atom stereocenters. The number of hydrogen-bond donors (Lipinski definition) is 1. The molecule has 3 aromatic carbocycles. The van der Waals surface area contributed by atoms with Gasteiger partial charge in [0.25, 0.3) is 0 Å². The number of halogens is 1.